The standard InChI is InChI=1S/C7H6N2O5/c1-6-3-2-5(8(10)11)4-7(6,14-6)9(12)13/h2-4H,1H3. The van der Waals surface area contributed by atoms with Crippen molar-refractivity contribution >= 4 is 0 Å². The van der Waals surface area contributed by atoms with E-state index in [0.717, 1.165) is 6.08 Å². The Morgan fingerprint density at radius 2 is 2.07 bits per heavy atom. The molecule has 0 bridgehead atoms. The van der Waals surface area contributed by atoms with Gasteiger partial charge in [0.2, 0.25) is 0 Å². The zero-order valence-electron chi connectivity index (χ0n) is 7.17. The minimum absolute atomic E-state index is 0.309. The second-order valence-corrected chi connectivity index (χ2v) is 3.32. The van der Waals surface area contributed by atoms with Crippen molar-refractivity contribution in [1.29, 1.82) is 0 Å². The second kappa shape index (κ2) is 2.18. The highest BCUT2D eigenvalue weighted by molar-refractivity contribution is 5.36. The molecule has 74 valence electrons. The van der Waals surface area contributed by atoms with E-state index in [4.69, 9.17) is 4.74 Å². The van der Waals surface area contributed by atoms with Crippen LogP contribution in [0.15, 0.2) is 23.9 Å². The maximum atomic E-state index is 10.7. The van der Waals surface area contributed by atoms with Gasteiger partial charge in [0.25, 0.3) is 5.70 Å². The van der Waals surface area contributed by atoms with Crippen LogP contribution in [0, 0.1) is 20.2 Å². The summed E-state index contributed by atoms with van der Waals surface area (Å²) in [5.74, 6) is 0. The Kier molecular flexibility index (Phi) is 1.38. The molecule has 1 saturated heterocycles. The van der Waals surface area contributed by atoms with Gasteiger partial charge >= 0.3 is 5.72 Å². The van der Waals surface area contributed by atoms with Crippen LogP contribution in [0.2, 0.25) is 0 Å². The Bertz CT molecular complexity index is 401. The summed E-state index contributed by atoms with van der Waals surface area (Å²) in [4.78, 5) is 19.7. The van der Waals surface area contributed by atoms with Gasteiger partial charge in [-0.2, -0.15) is 0 Å². The molecule has 2 atom stereocenters. The third-order valence-corrected chi connectivity index (χ3v) is 2.43. The van der Waals surface area contributed by atoms with Crippen LogP contribution in [0.1, 0.15) is 6.92 Å². The first-order valence-corrected chi connectivity index (χ1v) is 3.82. The van der Waals surface area contributed by atoms with Crippen LogP contribution < -0.4 is 0 Å². The molecule has 0 N–H and O–H groups in total. The van der Waals surface area contributed by atoms with Gasteiger partial charge in [0.1, 0.15) is 6.08 Å². The van der Waals surface area contributed by atoms with Crippen molar-refractivity contribution in [3.05, 3.63) is 44.2 Å². The van der Waals surface area contributed by atoms with E-state index >= 15 is 0 Å². The van der Waals surface area contributed by atoms with Crippen molar-refractivity contribution in [2.75, 3.05) is 0 Å². The largest absolute Gasteiger partial charge is 0.385 e. The molecule has 14 heavy (non-hydrogen) atoms. The number of rotatable bonds is 2. The molecule has 0 aromatic carbocycles. The summed E-state index contributed by atoms with van der Waals surface area (Å²) in [7, 11) is 0. The van der Waals surface area contributed by atoms with Crippen LogP contribution in [-0.2, 0) is 4.74 Å². The molecule has 0 saturated carbocycles. The molecule has 2 rings (SSSR count). The lowest BCUT2D eigenvalue weighted by Gasteiger charge is -2.05. The maximum Gasteiger partial charge on any atom is 0.385 e. The Morgan fingerprint density at radius 3 is 2.57 bits per heavy atom. The predicted molar refractivity (Wildman–Crippen MR) is 43.4 cm³/mol. The number of allylic oxidation sites excluding steroid dienone is 1. The zero-order chi connectivity index (χ0) is 10.6. The molecule has 1 heterocycles. The lowest BCUT2D eigenvalue weighted by Crippen LogP contribution is -2.31. The molecule has 0 aromatic rings. The first-order valence-electron chi connectivity index (χ1n) is 3.82. The molecule has 0 radical (unpaired) electrons. The van der Waals surface area contributed by atoms with E-state index in [0.29, 0.717) is 0 Å². The van der Waals surface area contributed by atoms with E-state index < -0.39 is 21.2 Å². The van der Waals surface area contributed by atoms with E-state index in [9.17, 15) is 20.2 Å². The predicted octanol–water partition coefficient (Wildman–Crippen LogP) is 0.479. The van der Waals surface area contributed by atoms with Gasteiger partial charge in [-0.05, 0) is 13.0 Å². The van der Waals surface area contributed by atoms with Gasteiger partial charge in [-0.3, -0.25) is 25.0 Å². The van der Waals surface area contributed by atoms with Crippen molar-refractivity contribution in [3.63, 3.8) is 0 Å². The van der Waals surface area contributed by atoms with Gasteiger partial charge in [0.15, 0.2) is 5.60 Å². The monoisotopic (exact) mass is 198 g/mol. The minimum atomic E-state index is -1.73. The van der Waals surface area contributed by atoms with Gasteiger partial charge in [-0.1, -0.05) is 0 Å². The van der Waals surface area contributed by atoms with Crippen LogP contribution in [0.4, 0.5) is 0 Å². The van der Waals surface area contributed by atoms with E-state index in [1.807, 2.05) is 0 Å². The van der Waals surface area contributed by atoms with Crippen LogP contribution >= 0.6 is 0 Å². The highest BCUT2D eigenvalue weighted by atomic mass is 16.8. The summed E-state index contributed by atoms with van der Waals surface area (Å²) >= 11 is 0. The molecule has 0 aromatic heterocycles. The van der Waals surface area contributed by atoms with E-state index in [2.05, 4.69) is 0 Å². The topological polar surface area (TPSA) is 98.8 Å². The van der Waals surface area contributed by atoms with E-state index in [-0.39, 0.29) is 5.70 Å². The molecular weight excluding hydrogens is 192 g/mol. The van der Waals surface area contributed by atoms with Crippen LogP contribution in [0.25, 0.3) is 0 Å². The molecule has 1 fully saturated rings. The molecular formula is C7H6N2O5. The summed E-state index contributed by atoms with van der Waals surface area (Å²) in [5, 5.41) is 21.1. The molecule has 7 heteroatoms. The Hall–Kier alpha value is -1.76. The number of nitrogens with zero attached hydrogens (tertiary/aromatic N) is 2. The summed E-state index contributed by atoms with van der Waals surface area (Å²) in [6.45, 7) is 1.51. The average Bonchev–Trinajstić information content (AvgIpc) is 2.71. The quantitative estimate of drug-likeness (QED) is 0.365. The first kappa shape index (κ1) is 8.82. The summed E-state index contributed by atoms with van der Waals surface area (Å²) in [6.07, 6.45) is 3.50. The molecule has 1 aliphatic carbocycles. The summed E-state index contributed by atoms with van der Waals surface area (Å²) in [6, 6.07) is 0. The number of nitro groups is 2. The third kappa shape index (κ3) is 0.841. The molecule has 0 spiro atoms. The van der Waals surface area contributed by atoms with E-state index in [1.165, 1.54) is 19.1 Å². The van der Waals surface area contributed by atoms with Crippen molar-refractivity contribution in [2.45, 2.75) is 18.2 Å². The van der Waals surface area contributed by atoms with Crippen LogP contribution in [-0.4, -0.2) is 21.2 Å². The fourth-order valence-electron chi connectivity index (χ4n) is 1.50. The smallest absolute Gasteiger partial charge is 0.287 e. The molecule has 2 aliphatic rings. The highest BCUT2D eigenvalue weighted by Gasteiger charge is 2.78. The second-order valence-electron chi connectivity index (χ2n) is 3.32. The van der Waals surface area contributed by atoms with Crippen molar-refractivity contribution in [2.24, 2.45) is 0 Å². The van der Waals surface area contributed by atoms with Gasteiger partial charge in [-0.25, -0.2) is 0 Å². The Balaban J connectivity index is 2.43. The van der Waals surface area contributed by atoms with Crippen molar-refractivity contribution in [3.8, 4) is 0 Å². The van der Waals surface area contributed by atoms with Gasteiger partial charge in [0.05, 0.1) is 9.85 Å². The number of epoxide rings is 1. The molecule has 2 unspecified atom stereocenters. The molecule has 0 amide bonds. The Morgan fingerprint density at radius 1 is 1.43 bits per heavy atom. The van der Waals surface area contributed by atoms with Gasteiger partial charge < -0.3 is 0 Å². The Labute approximate surface area is 78.0 Å². The lowest BCUT2D eigenvalue weighted by atomic mass is 9.96. The number of hydrogen-bond donors (Lipinski definition) is 0. The normalized spacial score (nSPS) is 38.5. The van der Waals surface area contributed by atoms with Crippen molar-refractivity contribution in [1.82, 2.24) is 0 Å². The van der Waals surface area contributed by atoms with Crippen LogP contribution in [0.5, 0.6) is 0 Å². The number of hydrogen-bond acceptors (Lipinski definition) is 5. The average molecular weight is 198 g/mol. The van der Waals surface area contributed by atoms with E-state index in [1.54, 1.807) is 0 Å². The van der Waals surface area contributed by atoms with Crippen molar-refractivity contribution < 1.29 is 14.6 Å². The fourth-order valence-corrected chi connectivity index (χ4v) is 1.50. The zero-order valence-corrected chi connectivity index (χ0v) is 7.17. The SMILES string of the molecule is CC12C=CC([N+](=O)[O-])=CC1([N+](=O)[O-])O2. The molecule has 1 aliphatic heterocycles. The maximum absolute atomic E-state index is 10.7. The summed E-state index contributed by atoms with van der Waals surface area (Å²) < 4.78 is 4.93. The minimum Gasteiger partial charge on any atom is -0.287 e. The lowest BCUT2D eigenvalue weighted by molar-refractivity contribution is -0.551. The number of ether oxygens (including phenoxy) is 1. The van der Waals surface area contributed by atoms with Gasteiger partial charge in [-0.15, -0.1) is 0 Å². The highest BCUT2D eigenvalue weighted by Crippen LogP contribution is 2.53. The molecule has 7 nitrogen and oxygen atoms in total. The third-order valence-electron chi connectivity index (χ3n) is 2.43. The first-order chi connectivity index (χ1) is 6.41. The van der Waals surface area contributed by atoms with Crippen LogP contribution in [0.3, 0.4) is 0 Å². The van der Waals surface area contributed by atoms with Gasteiger partial charge in [0, 0.05) is 6.08 Å². The fraction of sp³-hybridized carbons (Fsp3) is 0.429. The summed E-state index contributed by atoms with van der Waals surface area (Å²) in [5.41, 5.74) is -3.07. The number of fused-ring (bicyclic) bond motifs is 1.